The van der Waals surface area contributed by atoms with Crippen LogP contribution in [0.3, 0.4) is 0 Å². The Bertz CT molecular complexity index is 692. The minimum Gasteiger partial charge on any atom is -0.373 e. The number of nitrogens with one attached hydrogen (secondary N) is 3. The highest BCUT2D eigenvalue weighted by molar-refractivity contribution is 9.10. The molecule has 2 aromatic rings. The molecule has 7 heteroatoms. The molecule has 3 N–H and O–H groups in total. The summed E-state index contributed by atoms with van der Waals surface area (Å²) >= 11 is 8.74. The van der Waals surface area contributed by atoms with Crippen molar-refractivity contribution in [3.8, 4) is 0 Å². The number of aromatic amines is 1. The maximum absolute atomic E-state index is 12.0. The number of halogens is 1. The van der Waals surface area contributed by atoms with Gasteiger partial charge in [-0.05, 0) is 29.9 Å². The van der Waals surface area contributed by atoms with E-state index in [4.69, 9.17) is 12.2 Å². The van der Waals surface area contributed by atoms with Gasteiger partial charge in [0.05, 0.1) is 6.54 Å². The molecule has 1 aromatic carbocycles. The van der Waals surface area contributed by atoms with Gasteiger partial charge >= 0.3 is 0 Å². The Kier molecular flexibility index (Phi) is 4.61. The van der Waals surface area contributed by atoms with Crippen molar-refractivity contribution >= 4 is 39.9 Å². The Morgan fingerprint density at radius 2 is 2.20 bits per heavy atom. The Morgan fingerprint density at radius 1 is 1.45 bits per heavy atom. The fraction of sp³-hybridized carbons (Fsp3) is 0.231. The van der Waals surface area contributed by atoms with Gasteiger partial charge in [-0.25, -0.2) is 0 Å². The van der Waals surface area contributed by atoms with Gasteiger partial charge in [-0.1, -0.05) is 28.1 Å². The third kappa shape index (κ3) is 2.94. The summed E-state index contributed by atoms with van der Waals surface area (Å²) in [5.41, 5.74) is 1.56. The SMILES string of the molecule is CNC(=O)c1c(NC)[nH]c(=S)n1Cc1cccc(Br)c1. The lowest BCUT2D eigenvalue weighted by atomic mass is 10.2. The summed E-state index contributed by atoms with van der Waals surface area (Å²) in [7, 11) is 3.34. The summed E-state index contributed by atoms with van der Waals surface area (Å²) in [6.45, 7) is 0.527. The van der Waals surface area contributed by atoms with Crippen LogP contribution in [0.15, 0.2) is 28.7 Å². The van der Waals surface area contributed by atoms with Gasteiger partial charge in [0.25, 0.3) is 5.91 Å². The Labute approximate surface area is 130 Å². The molecule has 0 aliphatic carbocycles. The van der Waals surface area contributed by atoms with Gasteiger partial charge in [0.15, 0.2) is 4.77 Å². The van der Waals surface area contributed by atoms with Crippen LogP contribution in [0, 0.1) is 4.77 Å². The van der Waals surface area contributed by atoms with Crippen LogP contribution in [0.2, 0.25) is 0 Å². The van der Waals surface area contributed by atoms with Crippen molar-refractivity contribution in [2.75, 3.05) is 19.4 Å². The number of amides is 1. The van der Waals surface area contributed by atoms with Crippen molar-refractivity contribution in [2.45, 2.75) is 6.54 Å². The molecule has 106 valence electrons. The Morgan fingerprint density at radius 3 is 2.80 bits per heavy atom. The van der Waals surface area contributed by atoms with Crippen molar-refractivity contribution in [2.24, 2.45) is 0 Å². The van der Waals surface area contributed by atoms with E-state index in [0.717, 1.165) is 10.0 Å². The Balaban J connectivity index is 2.48. The molecule has 2 rings (SSSR count). The number of anilines is 1. The summed E-state index contributed by atoms with van der Waals surface area (Å²) in [4.78, 5) is 15.0. The number of carbonyl (C=O) groups excluding carboxylic acids is 1. The topological polar surface area (TPSA) is 61.9 Å². The monoisotopic (exact) mass is 354 g/mol. The first-order valence-electron chi connectivity index (χ1n) is 6.04. The van der Waals surface area contributed by atoms with Gasteiger partial charge in [-0.2, -0.15) is 0 Å². The molecule has 0 saturated carbocycles. The smallest absolute Gasteiger partial charge is 0.271 e. The highest BCUT2D eigenvalue weighted by Crippen LogP contribution is 2.18. The van der Waals surface area contributed by atoms with Crippen molar-refractivity contribution in [1.29, 1.82) is 0 Å². The summed E-state index contributed by atoms with van der Waals surface area (Å²) in [6.07, 6.45) is 0. The Hall–Kier alpha value is -1.60. The quantitative estimate of drug-likeness (QED) is 0.739. The molecular formula is C13H15BrN4OS. The zero-order chi connectivity index (χ0) is 14.7. The van der Waals surface area contributed by atoms with E-state index >= 15 is 0 Å². The zero-order valence-electron chi connectivity index (χ0n) is 11.2. The van der Waals surface area contributed by atoms with Crippen LogP contribution in [0.25, 0.3) is 0 Å². The molecule has 1 aromatic heterocycles. The molecule has 0 bridgehead atoms. The molecule has 20 heavy (non-hydrogen) atoms. The lowest BCUT2D eigenvalue weighted by molar-refractivity contribution is 0.0955. The van der Waals surface area contributed by atoms with E-state index in [1.54, 1.807) is 18.7 Å². The lowest BCUT2D eigenvalue weighted by Crippen LogP contribution is -2.23. The minimum atomic E-state index is -0.184. The number of rotatable bonds is 4. The second-order valence-corrected chi connectivity index (χ2v) is 5.50. The number of benzene rings is 1. The first-order chi connectivity index (χ1) is 9.56. The van der Waals surface area contributed by atoms with E-state index in [9.17, 15) is 4.79 Å². The average molecular weight is 355 g/mol. The van der Waals surface area contributed by atoms with Crippen molar-refractivity contribution in [3.05, 3.63) is 44.8 Å². The molecule has 1 amide bonds. The van der Waals surface area contributed by atoms with Gasteiger partial charge < -0.3 is 20.2 Å². The second kappa shape index (κ2) is 6.23. The van der Waals surface area contributed by atoms with E-state index in [-0.39, 0.29) is 5.91 Å². The van der Waals surface area contributed by atoms with E-state index in [1.165, 1.54) is 0 Å². The standard InChI is InChI=1S/C13H15BrN4OS/c1-15-11-10(12(19)16-2)18(13(20)17-11)7-8-4-3-5-9(14)6-8/h3-6,15H,7H2,1-2H3,(H,16,19)(H,17,20). The highest BCUT2D eigenvalue weighted by Gasteiger charge is 2.18. The number of hydrogen-bond donors (Lipinski definition) is 3. The van der Waals surface area contributed by atoms with Crippen LogP contribution < -0.4 is 10.6 Å². The van der Waals surface area contributed by atoms with E-state index in [2.05, 4.69) is 31.5 Å². The van der Waals surface area contributed by atoms with Crippen molar-refractivity contribution in [1.82, 2.24) is 14.9 Å². The summed E-state index contributed by atoms with van der Waals surface area (Å²) in [6, 6.07) is 7.90. The first kappa shape index (κ1) is 14.8. The van der Waals surface area contributed by atoms with Gasteiger partial charge in [0, 0.05) is 18.6 Å². The van der Waals surface area contributed by atoms with Crippen molar-refractivity contribution in [3.63, 3.8) is 0 Å². The average Bonchev–Trinajstić information content (AvgIpc) is 2.74. The molecule has 5 nitrogen and oxygen atoms in total. The maximum Gasteiger partial charge on any atom is 0.271 e. The second-order valence-electron chi connectivity index (χ2n) is 4.20. The first-order valence-corrected chi connectivity index (χ1v) is 7.24. The zero-order valence-corrected chi connectivity index (χ0v) is 13.6. The largest absolute Gasteiger partial charge is 0.373 e. The van der Waals surface area contributed by atoms with Crippen LogP contribution >= 0.6 is 28.1 Å². The van der Waals surface area contributed by atoms with E-state index in [0.29, 0.717) is 22.8 Å². The third-order valence-electron chi connectivity index (χ3n) is 2.91. The highest BCUT2D eigenvalue weighted by atomic mass is 79.9. The molecule has 0 fully saturated rings. The van der Waals surface area contributed by atoms with Crippen LogP contribution in [-0.4, -0.2) is 29.6 Å². The molecule has 1 heterocycles. The number of H-pyrrole nitrogens is 1. The van der Waals surface area contributed by atoms with Crippen LogP contribution in [0.4, 0.5) is 5.82 Å². The fourth-order valence-corrected chi connectivity index (χ4v) is 2.68. The van der Waals surface area contributed by atoms with Gasteiger partial charge in [0.1, 0.15) is 11.5 Å². The van der Waals surface area contributed by atoms with Gasteiger partial charge in [-0.3, -0.25) is 4.79 Å². The predicted molar refractivity (Wildman–Crippen MR) is 85.8 cm³/mol. The number of carbonyl (C=O) groups is 1. The number of hydrogen-bond acceptors (Lipinski definition) is 3. The summed E-state index contributed by atoms with van der Waals surface area (Å²) < 4.78 is 3.28. The number of imidazole rings is 1. The minimum absolute atomic E-state index is 0.184. The van der Waals surface area contributed by atoms with E-state index in [1.807, 2.05) is 24.3 Å². The summed E-state index contributed by atoms with van der Waals surface area (Å²) in [5.74, 6) is 0.432. The number of nitrogens with zero attached hydrogens (tertiary/aromatic N) is 1. The molecule has 0 spiro atoms. The van der Waals surface area contributed by atoms with Gasteiger partial charge in [-0.15, -0.1) is 0 Å². The van der Waals surface area contributed by atoms with Crippen LogP contribution in [-0.2, 0) is 6.54 Å². The molecule has 0 radical (unpaired) electrons. The normalized spacial score (nSPS) is 10.3. The third-order valence-corrected chi connectivity index (χ3v) is 3.72. The molecule has 0 saturated heterocycles. The number of aromatic nitrogens is 2. The molecule has 0 aliphatic rings. The molecular weight excluding hydrogens is 340 g/mol. The lowest BCUT2D eigenvalue weighted by Gasteiger charge is -2.09. The fourth-order valence-electron chi connectivity index (χ4n) is 1.97. The van der Waals surface area contributed by atoms with Crippen LogP contribution in [0.5, 0.6) is 0 Å². The molecule has 0 unspecified atom stereocenters. The van der Waals surface area contributed by atoms with Crippen LogP contribution in [0.1, 0.15) is 16.1 Å². The van der Waals surface area contributed by atoms with Crippen molar-refractivity contribution < 1.29 is 4.79 Å². The summed E-state index contributed by atoms with van der Waals surface area (Å²) in [5, 5.41) is 5.59. The molecule has 0 aliphatic heterocycles. The van der Waals surface area contributed by atoms with Gasteiger partial charge in [0.2, 0.25) is 0 Å². The van der Waals surface area contributed by atoms with E-state index < -0.39 is 0 Å². The molecule has 0 atom stereocenters. The predicted octanol–water partition coefficient (Wildman–Crippen LogP) is 2.76. The maximum atomic E-state index is 12.0.